The zero-order valence-corrected chi connectivity index (χ0v) is 22.5. The number of benzene rings is 1. The summed E-state index contributed by atoms with van der Waals surface area (Å²) in [7, 11) is -4.75. The van der Waals surface area contributed by atoms with E-state index in [0.29, 0.717) is 11.1 Å². The molecule has 0 unspecified atom stereocenters. The van der Waals surface area contributed by atoms with Gasteiger partial charge in [-0.25, -0.2) is 14.7 Å². The number of hydrogen-bond donors (Lipinski definition) is 4. The lowest BCUT2D eigenvalue weighted by Gasteiger charge is -2.42. The number of anilines is 1. The first-order chi connectivity index (χ1) is 18.5. The van der Waals surface area contributed by atoms with Gasteiger partial charge in [0, 0.05) is 15.8 Å². The lowest BCUT2D eigenvalue weighted by Crippen LogP contribution is -2.71. The summed E-state index contributed by atoms with van der Waals surface area (Å²) in [6, 6.07) is 7.90. The van der Waals surface area contributed by atoms with Crippen LogP contribution in [-0.2, 0) is 31.3 Å². The van der Waals surface area contributed by atoms with Crippen LogP contribution >= 0.6 is 22.7 Å². The quantitative estimate of drug-likeness (QED) is 0.115. The summed E-state index contributed by atoms with van der Waals surface area (Å²) in [6.45, 7) is 1.26. The van der Waals surface area contributed by atoms with Crippen molar-refractivity contribution in [2.45, 2.75) is 25.6 Å². The zero-order chi connectivity index (χ0) is 28.2. The van der Waals surface area contributed by atoms with Crippen LogP contribution in [0.1, 0.15) is 33.4 Å². The number of hydrazone groups is 1. The fraction of sp³-hybridized carbons (Fsp3) is 0.182. The van der Waals surface area contributed by atoms with E-state index < -0.39 is 40.1 Å². The second-order valence-corrected chi connectivity index (χ2v) is 11.2. The van der Waals surface area contributed by atoms with Crippen LogP contribution in [0.15, 0.2) is 57.4 Å². The van der Waals surface area contributed by atoms with Gasteiger partial charge in [-0.15, -0.1) is 22.7 Å². The van der Waals surface area contributed by atoms with E-state index in [1.807, 2.05) is 17.5 Å². The molecule has 3 amide bonds. The Morgan fingerprint density at radius 2 is 2.00 bits per heavy atom. The first kappa shape index (κ1) is 27.8. The number of hydrogen-bond acceptors (Lipinski definition) is 12. The third-order valence-electron chi connectivity index (χ3n) is 5.35. The molecule has 39 heavy (non-hydrogen) atoms. The van der Waals surface area contributed by atoms with E-state index in [2.05, 4.69) is 26.0 Å². The molecular weight excluding hydrogens is 570 g/mol. The molecule has 1 aromatic carbocycles. The van der Waals surface area contributed by atoms with Crippen molar-refractivity contribution in [1.29, 1.82) is 0 Å². The molecular formula is C22H21N7O7S3. The van der Waals surface area contributed by atoms with E-state index >= 15 is 0 Å². The maximum atomic E-state index is 12.9. The maximum absolute atomic E-state index is 12.9. The fourth-order valence-corrected chi connectivity index (χ4v) is 5.44. The van der Waals surface area contributed by atoms with Crippen molar-refractivity contribution in [3.05, 3.63) is 68.9 Å². The summed E-state index contributed by atoms with van der Waals surface area (Å²) < 4.78 is 32.0. The van der Waals surface area contributed by atoms with E-state index in [-0.39, 0.29) is 27.4 Å². The highest BCUT2D eigenvalue weighted by Crippen LogP contribution is 2.23. The number of amides is 3. The van der Waals surface area contributed by atoms with Gasteiger partial charge < -0.3 is 15.9 Å². The van der Waals surface area contributed by atoms with Crippen LogP contribution < -0.4 is 16.5 Å². The molecule has 3 aromatic rings. The second kappa shape index (κ2) is 11.7. The Morgan fingerprint density at radius 1 is 1.26 bits per heavy atom. The summed E-state index contributed by atoms with van der Waals surface area (Å²) in [5, 5.41) is 13.7. The average Bonchev–Trinajstić information content (AvgIpc) is 3.56. The van der Waals surface area contributed by atoms with Crippen molar-refractivity contribution in [3.63, 3.8) is 0 Å². The van der Waals surface area contributed by atoms with Crippen molar-refractivity contribution in [2.24, 2.45) is 10.3 Å². The van der Waals surface area contributed by atoms with Crippen LogP contribution in [0.25, 0.3) is 0 Å². The van der Waals surface area contributed by atoms with Crippen LogP contribution in [0.4, 0.5) is 5.13 Å². The summed E-state index contributed by atoms with van der Waals surface area (Å²) >= 11 is 2.53. The number of rotatable bonds is 10. The van der Waals surface area contributed by atoms with Crippen molar-refractivity contribution in [2.75, 3.05) is 5.73 Å². The van der Waals surface area contributed by atoms with E-state index in [1.54, 1.807) is 30.5 Å². The SMILES string of the molecule is C[C@H]1[C@H](NC(=O)/C(=N\OCc2ccc(C(=O)N/N=C/c3cccs3)cc2)c2csc(N)n2)C(=O)N1S(=O)(=O)O. The van der Waals surface area contributed by atoms with Gasteiger partial charge in [0.05, 0.1) is 12.3 Å². The molecule has 1 aliphatic rings. The number of β-lactam (4-membered cyclic amide) rings is 1. The number of aromatic nitrogens is 1. The Bertz CT molecular complexity index is 1530. The van der Waals surface area contributed by atoms with Gasteiger partial charge in [0.25, 0.3) is 17.7 Å². The molecule has 1 aliphatic heterocycles. The Kier molecular flexibility index (Phi) is 8.34. The van der Waals surface area contributed by atoms with Gasteiger partial charge in [-0.3, -0.25) is 18.9 Å². The minimum absolute atomic E-state index is 0.0792. The Balaban J connectivity index is 1.38. The monoisotopic (exact) mass is 591 g/mol. The highest BCUT2D eigenvalue weighted by Gasteiger charge is 2.51. The van der Waals surface area contributed by atoms with Gasteiger partial charge in [-0.1, -0.05) is 23.4 Å². The molecule has 5 N–H and O–H groups in total. The number of nitrogens with one attached hydrogen (secondary N) is 2. The molecule has 3 heterocycles. The van der Waals surface area contributed by atoms with E-state index in [9.17, 15) is 22.8 Å². The van der Waals surface area contributed by atoms with Gasteiger partial charge in [0.2, 0.25) is 0 Å². The number of nitrogens with two attached hydrogens (primary N) is 1. The molecule has 1 saturated heterocycles. The molecule has 17 heteroatoms. The van der Waals surface area contributed by atoms with Gasteiger partial charge in [0.15, 0.2) is 10.8 Å². The molecule has 2 aromatic heterocycles. The molecule has 0 aliphatic carbocycles. The molecule has 0 radical (unpaired) electrons. The highest BCUT2D eigenvalue weighted by molar-refractivity contribution is 7.84. The van der Waals surface area contributed by atoms with Gasteiger partial charge >= 0.3 is 10.3 Å². The zero-order valence-electron chi connectivity index (χ0n) is 20.0. The predicted molar refractivity (Wildman–Crippen MR) is 143 cm³/mol. The minimum atomic E-state index is -4.75. The van der Waals surface area contributed by atoms with Crippen molar-refractivity contribution >= 4 is 67.8 Å². The summed E-state index contributed by atoms with van der Waals surface area (Å²) in [5.74, 6) is -2.27. The molecule has 4 rings (SSSR count). The lowest BCUT2D eigenvalue weighted by molar-refractivity contribution is -0.143. The normalized spacial score (nSPS) is 17.6. The van der Waals surface area contributed by atoms with Gasteiger partial charge in [-0.2, -0.15) is 13.5 Å². The lowest BCUT2D eigenvalue weighted by atomic mass is 10.0. The van der Waals surface area contributed by atoms with Crippen LogP contribution in [0.2, 0.25) is 0 Å². The van der Waals surface area contributed by atoms with Crippen molar-refractivity contribution in [3.8, 4) is 0 Å². The molecule has 0 saturated carbocycles. The summed E-state index contributed by atoms with van der Waals surface area (Å²) in [5.41, 5.74) is 8.87. The molecule has 1 fully saturated rings. The molecule has 204 valence electrons. The molecule has 0 bridgehead atoms. The van der Waals surface area contributed by atoms with Crippen molar-refractivity contribution < 1.29 is 32.2 Å². The Morgan fingerprint density at radius 3 is 2.59 bits per heavy atom. The third kappa shape index (κ3) is 6.63. The summed E-state index contributed by atoms with van der Waals surface area (Å²) in [6.07, 6.45) is 1.54. The fourth-order valence-electron chi connectivity index (χ4n) is 3.42. The standard InChI is InChI=1S/C22H21N7O7S3/c1-12-17(21(32)29(12)39(33,34)35)26-20(31)18(16-11-38-22(23)25-16)28-36-10-13-4-6-14(7-5-13)19(30)27-24-9-15-3-2-8-37-15/h2-9,11-12,17H,10H2,1H3,(H2,23,25)(H,26,31)(H,27,30)(H,33,34,35)/b24-9+,28-18-/t12-,17-/m0/s1. The topological polar surface area (TPSA) is 206 Å². The first-order valence-electron chi connectivity index (χ1n) is 11.0. The van der Waals surface area contributed by atoms with Crippen LogP contribution in [0.5, 0.6) is 0 Å². The number of thiazole rings is 1. The van der Waals surface area contributed by atoms with Gasteiger partial charge in [-0.05, 0) is 36.1 Å². The number of carbonyl (C=O) groups is 3. The molecule has 2 atom stereocenters. The number of oxime groups is 1. The largest absolute Gasteiger partial charge is 0.390 e. The number of thiophene rings is 1. The van der Waals surface area contributed by atoms with Crippen molar-refractivity contribution in [1.82, 2.24) is 20.0 Å². The van der Waals surface area contributed by atoms with Crippen LogP contribution in [0.3, 0.4) is 0 Å². The minimum Gasteiger partial charge on any atom is -0.390 e. The number of nitrogen functional groups attached to an aromatic ring is 1. The first-order valence-corrected chi connectivity index (χ1v) is 14.2. The van der Waals surface area contributed by atoms with E-state index in [1.165, 1.54) is 23.6 Å². The Labute approximate surface area is 230 Å². The average molecular weight is 592 g/mol. The summed E-state index contributed by atoms with van der Waals surface area (Å²) in [4.78, 5) is 47.5. The molecule has 14 nitrogen and oxygen atoms in total. The van der Waals surface area contributed by atoms with E-state index in [4.69, 9.17) is 15.1 Å². The highest BCUT2D eigenvalue weighted by atomic mass is 32.2. The van der Waals surface area contributed by atoms with Gasteiger partial charge in [0.1, 0.15) is 18.3 Å². The number of nitrogens with zero attached hydrogens (tertiary/aromatic N) is 4. The Hall–Kier alpha value is -4.19. The molecule has 0 spiro atoms. The van der Waals surface area contributed by atoms with E-state index in [0.717, 1.165) is 16.2 Å². The smallest absolute Gasteiger partial charge is 0.362 e. The van der Waals surface area contributed by atoms with Crippen LogP contribution in [-0.4, -0.2) is 64.0 Å². The number of carbonyl (C=O) groups excluding carboxylic acids is 3. The maximum Gasteiger partial charge on any atom is 0.362 e. The second-order valence-electron chi connectivity index (χ2n) is 8.00. The predicted octanol–water partition coefficient (Wildman–Crippen LogP) is 0.990. The van der Waals surface area contributed by atoms with Crippen LogP contribution in [0, 0.1) is 0 Å². The third-order valence-corrected chi connectivity index (χ3v) is 7.85.